The van der Waals surface area contributed by atoms with Crippen LogP contribution in [0.3, 0.4) is 0 Å². The van der Waals surface area contributed by atoms with E-state index in [9.17, 15) is 8.42 Å². The summed E-state index contributed by atoms with van der Waals surface area (Å²) in [7, 11) is -3.52. The summed E-state index contributed by atoms with van der Waals surface area (Å²) in [5.74, 6) is 0. The monoisotopic (exact) mass is 427 g/mol. The van der Waals surface area contributed by atoms with Gasteiger partial charge in [-0.05, 0) is 50.5 Å². The highest BCUT2D eigenvalue weighted by atomic mass is 32.2. The number of anilines is 2. The third-order valence-corrected chi connectivity index (χ3v) is 8.56. The first kappa shape index (κ1) is 19.8. The Bertz CT molecular complexity index is 1030. The number of rotatable bonds is 4. The zero-order chi connectivity index (χ0) is 20.9. The van der Waals surface area contributed by atoms with Crippen LogP contribution in [0.5, 0.6) is 0 Å². The summed E-state index contributed by atoms with van der Waals surface area (Å²) in [5.41, 5.74) is 4.68. The van der Waals surface area contributed by atoms with E-state index in [-0.39, 0.29) is 12.2 Å². The van der Waals surface area contributed by atoms with Gasteiger partial charge in [0.25, 0.3) is 0 Å². The van der Waals surface area contributed by atoms with E-state index in [0.717, 1.165) is 30.8 Å². The molecule has 3 aliphatic rings. The Morgan fingerprint density at radius 1 is 1.00 bits per heavy atom. The van der Waals surface area contributed by atoms with Gasteiger partial charge in [-0.3, -0.25) is 0 Å². The zero-order valence-corrected chi connectivity index (χ0v) is 18.4. The van der Waals surface area contributed by atoms with E-state index in [2.05, 4.69) is 47.9 Å². The van der Waals surface area contributed by atoms with Crippen molar-refractivity contribution in [1.82, 2.24) is 4.31 Å². The Kier molecular flexibility index (Phi) is 5.00. The van der Waals surface area contributed by atoms with Gasteiger partial charge in [-0.25, -0.2) is 8.42 Å². The summed E-state index contributed by atoms with van der Waals surface area (Å²) in [6.45, 7) is 7.08. The fourth-order valence-corrected chi connectivity index (χ4v) is 6.43. The van der Waals surface area contributed by atoms with Crippen molar-refractivity contribution < 1.29 is 13.2 Å². The number of nitrogens with zero attached hydrogens (tertiary/aromatic N) is 3. The van der Waals surface area contributed by atoms with Crippen molar-refractivity contribution in [3.8, 4) is 0 Å². The Balaban J connectivity index is 1.54. The molecule has 3 heterocycles. The molecule has 160 valence electrons. The molecule has 3 aliphatic heterocycles. The largest absolute Gasteiger partial charge is 0.379 e. The van der Waals surface area contributed by atoms with Crippen molar-refractivity contribution in [2.24, 2.45) is 0 Å². The van der Waals surface area contributed by atoms with E-state index in [4.69, 9.17) is 4.74 Å². The summed E-state index contributed by atoms with van der Waals surface area (Å²) in [4.78, 5) is 5.24. The lowest BCUT2D eigenvalue weighted by atomic mass is 10.0. The molecule has 2 fully saturated rings. The fourth-order valence-electron chi connectivity index (χ4n) is 5.00. The maximum Gasteiger partial charge on any atom is 0.243 e. The molecule has 0 spiro atoms. The minimum absolute atomic E-state index is 0.166. The van der Waals surface area contributed by atoms with Crippen molar-refractivity contribution in [2.75, 3.05) is 42.6 Å². The second kappa shape index (κ2) is 7.55. The highest BCUT2D eigenvalue weighted by molar-refractivity contribution is 7.89. The third kappa shape index (κ3) is 3.20. The molecular formula is C23H29N3O3S. The van der Waals surface area contributed by atoms with Crippen molar-refractivity contribution in [3.63, 3.8) is 0 Å². The molecule has 5 rings (SSSR count). The zero-order valence-electron chi connectivity index (χ0n) is 17.6. The molecule has 0 saturated carbocycles. The van der Waals surface area contributed by atoms with Gasteiger partial charge in [-0.2, -0.15) is 4.31 Å². The van der Waals surface area contributed by atoms with Crippen LogP contribution in [0.1, 0.15) is 36.9 Å². The van der Waals surface area contributed by atoms with Crippen LogP contribution in [0, 0.1) is 6.92 Å². The summed E-state index contributed by atoms with van der Waals surface area (Å²) in [6, 6.07) is 14.5. The van der Waals surface area contributed by atoms with Gasteiger partial charge in [0.1, 0.15) is 6.17 Å². The van der Waals surface area contributed by atoms with Gasteiger partial charge in [0, 0.05) is 19.6 Å². The van der Waals surface area contributed by atoms with Crippen LogP contribution in [-0.2, 0) is 14.8 Å². The molecule has 0 unspecified atom stereocenters. The Hall–Kier alpha value is -2.09. The maximum atomic E-state index is 13.3. The normalized spacial score (nSPS) is 22.8. The summed E-state index contributed by atoms with van der Waals surface area (Å²) in [6.07, 6.45) is 2.54. The van der Waals surface area contributed by atoms with Gasteiger partial charge in [-0.1, -0.05) is 29.8 Å². The smallest absolute Gasteiger partial charge is 0.243 e. The van der Waals surface area contributed by atoms with Crippen molar-refractivity contribution >= 4 is 21.4 Å². The van der Waals surface area contributed by atoms with E-state index < -0.39 is 10.0 Å². The molecule has 6 nitrogen and oxygen atoms in total. The fraction of sp³-hybridized carbons (Fsp3) is 0.478. The standard InChI is InChI=1S/C23H29N3O3S/c1-17-5-7-19(8-6-17)18(2)26-22-16-20(30(27,28)24-12-14-29-15-13-24)9-10-21(22)25-11-3-4-23(25)26/h5-10,16,18,23H,3-4,11-15H2,1-2H3/t18-,23+/m0/s1. The van der Waals surface area contributed by atoms with Gasteiger partial charge < -0.3 is 14.5 Å². The quantitative estimate of drug-likeness (QED) is 0.747. The van der Waals surface area contributed by atoms with Gasteiger partial charge in [-0.15, -0.1) is 0 Å². The van der Waals surface area contributed by atoms with E-state index >= 15 is 0 Å². The van der Waals surface area contributed by atoms with Gasteiger partial charge >= 0.3 is 0 Å². The predicted molar refractivity (Wildman–Crippen MR) is 118 cm³/mol. The summed E-state index contributed by atoms with van der Waals surface area (Å²) >= 11 is 0. The minimum atomic E-state index is -3.52. The molecule has 7 heteroatoms. The van der Waals surface area contributed by atoms with Crippen LogP contribution in [0.25, 0.3) is 0 Å². The molecule has 2 aromatic carbocycles. The average Bonchev–Trinajstić information content (AvgIpc) is 3.34. The van der Waals surface area contributed by atoms with Crippen molar-refractivity contribution in [2.45, 2.75) is 43.8 Å². The molecule has 0 amide bonds. The Morgan fingerprint density at radius 3 is 2.47 bits per heavy atom. The summed E-state index contributed by atoms with van der Waals surface area (Å²) in [5, 5.41) is 0. The van der Waals surface area contributed by atoms with Crippen LogP contribution in [0.2, 0.25) is 0 Å². The molecule has 2 atom stereocenters. The van der Waals surface area contributed by atoms with Crippen LogP contribution in [0.15, 0.2) is 47.4 Å². The molecule has 2 aromatic rings. The highest BCUT2D eigenvalue weighted by Crippen LogP contribution is 2.48. The number of benzene rings is 2. The molecule has 0 aromatic heterocycles. The van der Waals surface area contributed by atoms with Gasteiger partial charge in [0.15, 0.2) is 0 Å². The van der Waals surface area contributed by atoms with Gasteiger partial charge in [0.2, 0.25) is 10.0 Å². The van der Waals surface area contributed by atoms with E-state index in [1.54, 1.807) is 10.4 Å². The predicted octanol–water partition coefficient (Wildman–Crippen LogP) is 3.52. The molecule has 2 saturated heterocycles. The lowest BCUT2D eigenvalue weighted by Gasteiger charge is -2.33. The lowest BCUT2D eigenvalue weighted by molar-refractivity contribution is 0.0730. The van der Waals surface area contributed by atoms with E-state index in [1.807, 2.05) is 12.1 Å². The number of morpholine rings is 1. The molecule has 0 radical (unpaired) electrons. The third-order valence-electron chi connectivity index (χ3n) is 6.66. The second-order valence-corrected chi connectivity index (χ2v) is 10.4. The number of fused-ring (bicyclic) bond motifs is 3. The molecular weight excluding hydrogens is 398 g/mol. The maximum absolute atomic E-state index is 13.3. The Morgan fingerprint density at radius 2 is 1.73 bits per heavy atom. The molecule has 0 bridgehead atoms. The molecule has 0 N–H and O–H groups in total. The topological polar surface area (TPSA) is 53.1 Å². The average molecular weight is 428 g/mol. The van der Waals surface area contributed by atoms with Crippen LogP contribution < -0.4 is 9.80 Å². The molecule has 30 heavy (non-hydrogen) atoms. The van der Waals surface area contributed by atoms with E-state index in [1.165, 1.54) is 11.1 Å². The number of ether oxygens (including phenoxy) is 1. The number of aryl methyl sites for hydroxylation is 1. The van der Waals surface area contributed by atoms with Crippen LogP contribution >= 0.6 is 0 Å². The van der Waals surface area contributed by atoms with Crippen molar-refractivity contribution in [1.29, 1.82) is 0 Å². The van der Waals surface area contributed by atoms with Gasteiger partial charge in [0.05, 0.1) is 35.5 Å². The van der Waals surface area contributed by atoms with E-state index in [0.29, 0.717) is 31.2 Å². The number of hydrogen-bond acceptors (Lipinski definition) is 5. The highest BCUT2D eigenvalue weighted by Gasteiger charge is 2.42. The Labute approximate surface area is 179 Å². The van der Waals surface area contributed by atoms with Crippen LogP contribution in [0.4, 0.5) is 11.4 Å². The minimum Gasteiger partial charge on any atom is -0.379 e. The first-order chi connectivity index (χ1) is 14.5. The van der Waals surface area contributed by atoms with Crippen molar-refractivity contribution in [3.05, 3.63) is 53.6 Å². The molecule has 0 aliphatic carbocycles. The SMILES string of the molecule is Cc1ccc([C@H](C)N2c3cc(S(=O)(=O)N4CCOCC4)ccc3N3CCC[C@H]32)cc1. The lowest BCUT2D eigenvalue weighted by Crippen LogP contribution is -2.41. The second-order valence-electron chi connectivity index (χ2n) is 8.48. The first-order valence-electron chi connectivity index (χ1n) is 10.8. The van der Waals surface area contributed by atoms with Crippen LogP contribution in [-0.4, -0.2) is 51.7 Å². The number of hydrogen-bond donors (Lipinski definition) is 0. The number of sulfonamides is 1. The first-order valence-corrected chi connectivity index (χ1v) is 12.2. The summed E-state index contributed by atoms with van der Waals surface area (Å²) < 4.78 is 33.4.